The van der Waals surface area contributed by atoms with Gasteiger partial charge in [-0.05, 0) is 73.6 Å². The number of alkyl halides is 5. The molecular weight excluding hydrogens is 717 g/mol. The molecule has 1 aliphatic heterocycles. The molecule has 240 valence electrons. The highest BCUT2D eigenvalue weighted by Crippen LogP contribution is 2.37. The van der Waals surface area contributed by atoms with E-state index in [2.05, 4.69) is 46.6 Å². The maximum Gasteiger partial charge on any atom is 0.499 e. The molecule has 4 aromatic rings. The molecule has 3 aromatic carbocycles. The van der Waals surface area contributed by atoms with Gasteiger partial charge in [-0.1, -0.05) is 58.0 Å². The Labute approximate surface area is 277 Å². The number of thiocarbonyl (C=S) groups is 1. The summed E-state index contributed by atoms with van der Waals surface area (Å²) in [6.07, 6.45) is -9.77. The summed E-state index contributed by atoms with van der Waals surface area (Å²) in [4.78, 5) is 22.9. The third kappa shape index (κ3) is 7.54. The van der Waals surface area contributed by atoms with E-state index in [0.29, 0.717) is 22.2 Å². The lowest BCUT2D eigenvalue weighted by Crippen LogP contribution is -2.41. The zero-order valence-electron chi connectivity index (χ0n) is 23.8. The van der Waals surface area contributed by atoms with Crippen molar-refractivity contribution in [3.63, 3.8) is 0 Å². The summed E-state index contributed by atoms with van der Waals surface area (Å²) in [6.45, 7) is 3.83. The van der Waals surface area contributed by atoms with Crippen LogP contribution in [0.3, 0.4) is 0 Å². The van der Waals surface area contributed by atoms with E-state index in [0.717, 1.165) is 33.4 Å². The molecule has 9 nitrogen and oxygen atoms in total. The molecule has 0 bridgehead atoms. The quantitative estimate of drug-likeness (QED) is 0.112. The largest absolute Gasteiger partial charge is 0.499 e. The number of aryl methyl sites for hydroxylation is 1. The second-order valence-electron chi connectivity index (χ2n) is 9.88. The van der Waals surface area contributed by atoms with Gasteiger partial charge in [-0.25, -0.2) is 15.1 Å². The van der Waals surface area contributed by atoms with Crippen LogP contribution < -0.4 is 20.5 Å². The number of ether oxygens (including phenoxy) is 1. The molecule has 1 atom stereocenters. The zero-order valence-corrected chi connectivity index (χ0v) is 27.1. The number of amidine groups is 1. The van der Waals surface area contributed by atoms with Gasteiger partial charge in [0.1, 0.15) is 12.1 Å². The van der Waals surface area contributed by atoms with Gasteiger partial charge in [-0.15, -0.1) is 5.10 Å². The number of amides is 1. The molecule has 1 aliphatic rings. The van der Waals surface area contributed by atoms with Gasteiger partial charge in [0.15, 0.2) is 11.0 Å². The molecule has 0 saturated carbocycles. The summed E-state index contributed by atoms with van der Waals surface area (Å²) < 4.78 is 69.5. The molecule has 2 N–H and O–H groups in total. The van der Waals surface area contributed by atoms with Crippen LogP contribution in [-0.2, 0) is 4.79 Å². The zero-order chi connectivity index (χ0) is 33.2. The summed E-state index contributed by atoms with van der Waals surface area (Å²) in [5.41, 5.74) is 9.61. The fourth-order valence-electron chi connectivity index (χ4n) is 4.19. The third-order valence-electron chi connectivity index (χ3n) is 6.61. The van der Waals surface area contributed by atoms with Crippen molar-refractivity contribution in [1.29, 1.82) is 0 Å². The molecule has 17 heteroatoms. The van der Waals surface area contributed by atoms with Crippen molar-refractivity contribution in [3.8, 4) is 22.8 Å². The molecule has 0 radical (unpaired) electrons. The predicted octanol–water partition coefficient (Wildman–Crippen LogP) is 7.12. The van der Waals surface area contributed by atoms with Gasteiger partial charge >= 0.3 is 12.3 Å². The number of anilines is 1. The van der Waals surface area contributed by atoms with Crippen molar-refractivity contribution in [2.45, 2.75) is 32.2 Å². The van der Waals surface area contributed by atoms with Crippen LogP contribution in [0.2, 0.25) is 0 Å². The van der Waals surface area contributed by atoms with Crippen LogP contribution in [0, 0.1) is 6.92 Å². The lowest BCUT2D eigenvalue weighted by molar-refractivity contribution is -0.360. The lowest BCUT2D eigenvalue weighted by Gasteiger charge is -2.20. The highest BCUT2D eigenvalue weighted by molar-refractivity contribution is 9.10. The Bertz CT molecular complexity index is 1780. The number of hydrogen-bond donors (Lipinski definition) is 2. The van der Waals surface area contributed by atoms with Crippen molar-refractivity contribution >= 4 is 61.8 Å². The van der Waals surface area contributed by atoms with E-state index < -0.39 is 18.0 Å². The standard InChI is InChI=1S/C29H23BrF5N7O2S2/c1-16-3-8-20(30)13-23(16)42-24(43)14-46-27(42)37-26(45)39-38-17(2)18-4-6-19(7-5-18)25-36-15-41(40-25)21-9-11-22(12-10-21)44-29(34,35)28(31,32)33/h3-13,15,17,38H,14H2,1-2H3,(H,39,45)/b37-27-. The Hall–Kier alpha value is -3.93. The van der Waals surface area contributed by atoms with Gasteiger partial charge in [0, 0.05) is 16.1 Å². The van der Waals surface area contributed by atoms with Crippen LogP contribution in [0.4, 0.5) is 27.6 Å². The predicted molar refractivity (Wildman–Crippen MR) is 172 cm³/mol. The monoisotopic (exact) mass is 739 g/mol. The van der Waals surface area contributed by atoms with Crippen LogP contribution >= 0.6 is 39.9 Å². The number of aliphatic imine (C=N–C) groups is 1. The number of thioether (sulfide) groups is 1. The first-order valence-corrected chi connectivity index (χ1v) is 15.5. The average molecular weight is 741 g/mol. The third-order valence-corrected chi connectivity index (χ3v) is 8.22. The van der Waals surface area contributed by atoms with Gasteiger partial charge in [-0.2, -0.15) is 26.9 Å². The molecule has 1 saturated heterocycles. The second-order valence-corrected chi connectivity index (χ2v) is 12.1. The first-order valence-electron chi connectivity index (χ1n) is 13.3. The number of rotatable bonds is 8. The Morgan fingerprint density at radius 2 is 1.78 bits per heavy atom. The van der Waals surface area contributed by atoms with E-state index in [1.54, 1.807) is 17.0 Å². The minimum Gasteiger partial charge on any atom is -0.426 e. The van der Waals surface area contributed by atoms with Gasteiger partial charge < -0.3 is 4.74 Å². The molecule has 1 aromatic heterocycles. The van der Waals surface area contributed by atoms with Crippen LogP contribution in [0.15, 0.2) is 82.5 Å². The molecular formula is C29H23BrF5N7O2S2. The normalized spacial score (nSPS) is 15.3. The summed E-state index contributed by atoms with van der Waals surface area (Å²) in [5, 5.41) is 4.99. The number of carbonyl (C=O) groups excluding carboxylic acids is 1. The number of halogens is 6. The van der Waals surface area contributed by atoms with E-state index in [-0.39, 0.29) is 22.8 Å². The maximum atomic E-state index is 13.2. The first kappa shape index (κ1) is 33.4. The Morgan fingerprint density at radius 3 is 2.46 bits per heavy atom. The minimum absolute atomic E-state index is 0.0896. The summed E-state index contributed by atoms with van der Waals surface area (Å²) in [5.74, 6) is -0.129. The van der Waals surface area contributed by atoms with Crippen LogP contribution in [-0.4, -0.2) is 49.0 Å². The Kier molecular flexibility index (Phi) is 9.76. The molecule has 46 heavy (non-hydrogen) atoms. The topological polar surface area (TPSA) is 96.7 Å². The van der Waals surface area contributed by atoms with Gasteiger partial charge in [-0.3, -0.25) is 15.1 Å². The van der Waals surface area contributed by atoms with E-state index in [1.807, 2.05) is 44.2 Å². The van der Waals surface area contributed by atoms with E-state index in [9.17, 15) is 26.7 Å². The molecule has 5 rings (SSSR count). The number of nitrogens with zero attached hydrogens (tertiary/aromatic N) is 5. The first-order chi connectivity index (χ1) is 21.7. The van der Waals surface area contributed by atoms with Crippen LogP contribution in [0.25, 0.3) is 17.1 Å². The Morgan fingerprint density at radius 1 is 1.09 bits per heavy atom. The van der Waals surface area contributed by atoms with Crippen molar-refractivity contribution in [3.05, 3.63) is 88.7 Å². The van der Waals surface area contributed by atoms with E-state index >= 15 is 0 Å². The second kappa shape index (κ2) is 13.4. The Balaban J connectivity index is 1.19. The van der Waals surface area contributed by atoms with Crippen molar-refractivity contribution in [1.82, 2.24) is 25.6 Å². The SMILES string of the molecule is Cc1ccc(Br)cc1N1C(=O)CS/C1=N\C(=S)NNC(C)c1ccc(-c2ncn(-c3ccc(OC(F)(F)C(F)(F)F)cc3)n2)cc1. The van der Waals surface area contributed by atoms with Crippen molar-refractivity contribution < 1.29 is 31.5 Å². The van der Waals surface area contributed by atoms with Gasteiger partial charge in [0.05, 0.1) is 17.1 Å². The number of benzene rings is 3. The maximum absolute atomic E-state index is 13.2. The highest BCUT2D eigenvalue weighted by Gasteiger charge is 2.61. The fourth-order valence-corrected chi connectivity index (χ4v) is 5.61. The van der Waals surface area contributed by atoms with Crippen LogP contribution in [0.5, 0.6) is 5.75 Å². The van der Waals surface area contributed by atoms with Gasteiger partial charge in [0.25, 0.3) is 0 Å². The fraction of sp³-hybridized carbons (Fsp3) is 0.207. The number of nitrogens with one attached hydrogen (secondary N) is 2. The number of hydrazine groups is 1. The number of aromatic nitrogens is 3. The summed E-state index contributed by atoms with van der Waals surface area (Å²) in [7, 11) is 0. The molecule has 1 fully saturated rings. The van der Waals surface area contributed by atoms with E-state index in [1.165, 1.54) is 34.9 Å². The van der Waals surface area contributed by atoms with Crippen LogP contribution in [0.1, 0.15) is 24.1 Å². The smallest absolute Gasteiger partial charge is 0.426 e. The lowest BCUT2D eigenvalue weighted by atomic mass is 10.1. The summed E-state index contributed by atoms with van der Waals surface area (Å²) >= 11 is 10.2. The average Bonchev–Trinajstić information content (AvgIpc) is 3.64. The van der Waals surface area contributed by atoms with Crippen molar-refractivity contribution in [2.24, 2.45) is 4.99 Å². The summed E-state index contributed by atoms with van der Waals surface area (Å²) in [6, 6.07) is 17.3. The number of carbonyl (C=O) groups is 1. The molecule has 1 unspecified atom stereocenters. The number of hydrogen-bond acceptors (Lipinski definition) is 7. The molecule has 1 amide bonds. The highest BCUT2D eigenvalue weighted by atomic mass is 79.9. The molecule has 0 aliphatic carbocycles. The van der Waals surface area contributed by atoms with Crippen molar-refractivity contribution in [2.75, 3.05) is 10.7 Å². The molecule has 2 heterocycles. The van der Waals surface area contributed by atoms with Gasteiger partial charge in [0.2, 0.25) is 11.0 Å². The minimum atomic E-state index is -5.84. The molecule has 0 spiro atoms. The van der Waals surface area contributed by atoms with E-state index in [4.69, 9.17) is 12.2 Å².